The lowest BCUT2D eigenvalue weighted by Gasteiger charge is -2.08. The largest absolute Gasteiger partial charge is 0.354 e. The molecule has 2 aromatic heterocycles. The summed E-state index contributed by atoms with van der Waals surface area (Å²) in [5.41, 5.74) is 0.326. The highest BCUT2D eigenvalue weighted by atomic mass is 19.1. The summed E-state index contributed by atoms with van der Waals surface area (Å²) in [5.74, 6) is 0.613. The van der Waals surface area contributed by atoms with Gasteiger partial charge in [0.05, 0.1) is 5.56 Å². The molecule has 3 aromatic rings. The number of halogens is 1. The van der Waals surface area contributed by atoms with Crippen LogP contribution < -0.4 is 5.32 Å². The number of nitrogens with zero attached hydrogens (tertiary/aromatic N) is 5. The van der Waals surface area contributed by atoms with Crippen LogP contribution in [0.1, 0.15) is 6.92 Å². The van der Waals surface area contributed by atoms with Gasteiger partial charge >= 0.3 is 0 Å². The van der Waals surface area contributed by atoms with Crippen LogP contribution in [0, 0.1) is 5.82 Å². The van der Waals surface area contributed by atoms with Gasteiger partial charge in [-0.05, 0) is 25.1 Å². The zero-order chi connectivity index (χ0) is 14.7. The van der Waals surface area contributed by atoms with Crippen LogP contribution in [-0.2, 0) is 0 Å². The first-order chi connectivity index (χ1) is 10.3. The lowest BCUT2D eigenvalue weighted by Crippen LogP contribution is -2.10. The van der Waals surface area contributed by atoms with Gasteiger partial charge in [0, 0.05) is 18.9 Å². The smallest absolute Gasteiger partial charge is 0.255 e. The van der Waals surface area contributed by atoms with Crippen LogP contribution >= 0.6 is 0 Å². The van der Waals surface area contributed by atoms with Crippen molar-refractivity contribution in [2.45, 2.75) is 6.92 Å². The van der Waals surface area contributed by atoms with Crippen LogP contribution in [-0.4, -0.2) is 31.3 Å². The van der Waals surface area contributed by atoms with E-state index in [0.29, 0.717) is 24.0 Å². The maximum absolute atomic E-state index is 13.9. The summed E-state index contributed by atoms with van der Waals surface area (Å²) in [4.78, 5) is 12.8. The van der Waals surface area contributed by atoms with Crippen molar-refractivity contribution in [2.75, 3.05) is 11.9 Å². The second-order valence-electron chi connectivity index (χ2n) is 4.24. The number of anilines is 1. The highest BCUT2D eigenvalue weighted by Crippen LogP contribution is 2.20. The number of hydrogen-bond acceptors (Lipinski definition) is 5. The third-order valence-corrected chi connectivity index (χ3v) is 2.78. The summed E-state index contributed by atoms with van der Waals surface area (Å²) in [7, 11) is 0. The minimum Gasteiger partial charge on any atom is -0.354 e. The predicted molar refractivity (Wildman–Crippen MR) is 76.5 cm³/mol. The molecule has 2 heterocycles. The first-order valence-corrected chi connectivity index (χ1v) is 6.53. The van der Waals surface area contributed by atoms with Crippen molar-refractivity contribution in [3.05, 3.63) is 48.5 Å². The van der Waals surface area contributed by atoms with Gasteiger partial charge in [0.1, 0.15) is 5.82 Å². The van der Waals surface area contributed by atoms with E-state index in [9.17, 15) is 4.39 Å². The second-order valence-corrected chi connectivity index (χ2v) is 4.24. The molecule has 0 aliphatic heterocycles. The fraction of sp³-hybridized carbons (Fsp3) is 0.143. The van der Waals surface area contributed by atoms with Crippen molar-refractivity contribution in [1.82, 2.24) is 24.7 Å². The number of aromatic nitrogens is 5. The molecule has 21 heavy (non-hydrogen) atoms. The molecule has 0 atom stereocenters. The third kappa shape index (κ3) is 2.71. The van der Waals surface area contributed by atoms with Crippen LogP contribution in [0.15, 0.2) is 42.7 Å². The Hall–Kier alpha value is -2.83. The van der Waals surface area contributed by atoms with Crippen molar-refractivity contribution in [3.63, 3.8) is 0 Å². The Balaban J connectivity index is 2.14. The SMILES string of the molecule is CCNc1nc(-c2ccccc2F)nc(-n2cccn2)n1. The van der Waals surface area contributed by atoms with E-state index in [-0.39, 0.29) is 11.6 Å². The van der Waals surface area contributed by atoms with Crippen LogP contribution in [0.4, 0.5) is 10.3 Å². The summed E-state index contributed by atoms with van der Waals surface area (Å²) in [6, 6.07) is 8.13. The van der Waals surface area contributed by atoms with Crippen molar-refractivity contribution in [2.24, 2.45) is 0 Å². The topological polar surface area (TPSA) is 68.5 Å². The monoisotopic (exact) mass is 284 g/mol. The van der Waals surface area contributed by atoms with E-state index in [2.05, 4.69) is 25.4 Å². The van der Waals surface area contributed by atoms with Crippen molar-refractivity contribution >= 4 is 5.95 Å². The Morgan fingerprint density at radius 2 is 2.00 bits per heavy atom. The molecular formula is C14H13FN6. The lowest BCUT2D eigenvalue weighted by atomic mass is 10.2. The average Bonchev–Trinajstić information content (AvgIpc) is 3.02. The molecule has 0 unspecified atom stereocenters. The van der Waals surface area contributed by atoms with E-state index in [1.54, 1.807) is 36.7 Å². The molecule has 6 nitrogen and oxygen atoms in total. The molecule has 3 rings (SSSR count). The Bertz CT molecular complexity index is 741. The first kappa shape index (κ1) is 13.2. The summed E-state index contributed by atoms with van der Waals surface area (Å²) in [6.07, 6.45) is 3.34. The standard InChI is InChI=1S/C14H13FN6/c1-2-16-13-18-12(10-6-3-4-7-11(10)15)19-14(20-13)21-9-5-8-17-21/h3-9H,2H2,1H3,(H,16,18,19,20). The molecule has 0 bridgehead atoms. The molecule has 0 saturated heterocycles. The summed E-state index contributed by atoms with van der Waals surface area (Å²) in [5, 5.41) is 7.10. The van der Waals surface area contributed by atoms with Crippen molar-refractivity contribution in [1.29, 1.82) is 0 Å². The Morgan fingerprint density at radius 3 is 2.71 bits per heavy atom. The van der Waals surface area contributed by atoms with E-state index < -0.39 is 0 Å². The van der Waals surface area contributed by atoms with Gasteiger partial charge in [-0.15, -0.1) is 0 Å². The Kier molecular flexibility index (Phi) is 3.55. The molecule has 0 aliphatic carbocycles. The second kappa shape index (κ2) is 5.66. The van der Waals surface area contributed by atoms with Gasteiger partial charge in [0.25, 0.3) is 5.95 Å². The van der Waals surface area contributed by atoms with Gasteiger partial charge in [0.15, 0.2) is 5.82 Å². The molecule has 0 amide bonds. The minimum atomic E-state index is -0.377. The third-order valence-electron chi connectivity index (χ3n) is 2.78. The molecule has 0 spiro atoms. The fourth-order valence-corrected chi connectivity index (χ4v) is 1.85. The highest BCUT2D eigenvalue weighted by Gasteiger charge is 2.12. The molecular weight excluding hydrogens is 271 g/mol. The zero-order valence-electron chi connectivity index (χ0n) is 11.4. The van der Waals surface area contributed by atoms with Gasteiger partial charge in [-0.1, -0.05) is 12.1 Å². The van der Waals surface area contributed by atoms with Crippen LogP contribution in [0.5, 0.6) is 0 Å². The number of hydrogen-bond donors (Lipinski definition) is 1. The highest BCUT2D eigenvalue weighted by molar-refractivity contribution is 5.57. The molecule has 0 aliphatic rings. The quantitative estimate of drug-likeness (QED) is 0.796. The minimum absolute atomic E-state index is 0.268. The normalized spacial score (nSPS) is 10.6. The van der Waals surface area contributed by atoms with E-state index in [1.165, 1.54) is 10.7 Å². The Labute approximate surface area is 120 Å². The van der Waals surface area contributed by atoms with Gasteiger partial charge in [0.2, 0.25) is 5.95 Å². The van der Waals surface area contributed by atoms with Crippen LogP contribution in [0.2, 0.25) is 0 Å². The van der Waals surface area contributed by atoms with E-state index in [1.807, 2.05) is 6.92 Å². The maximum Gasteiger partial charge on any atom is 0.255 e. The predicted octanol–water partition coefficient (Wildman–Crippen LogP) is 2.30. The number of rotatable bonds is 4. The van der Waals surface area contributed by atoms with Crippen molar-refractivity contribution in [3.8, 4) is 17.3 Å². The molecule has 1 aromatic carbocycles. The molecule has 0 fully saturated rings. The summed E-state index contributed by atoms with van der Waals surface area (Å²) < 4.78 is 15.4. The Morgan fingerprint density at radius 1 is 1.14 bits per heavy atom. The molecule has 106 valence electrons. The van der Waals surface area contributed by atoms with Gasteiger partial charge in [-0.3, -0.25) is 0 Å². The van der Waals surface area contributed by atoms with Gasteiger partial charge in [-0.2, -0.15) is 20.1 Å². The number of benzene rings is 1. The fourth-order valence-electron chi connectivity index (χ4n) is 1.85. The zero-order valence-corrected chi connectivity index (χ0v) is 11.4. The summed E-state index contributed by atoms with van der Waals surface area (Å²) >= 11 is 0. The number of nitrogens with one attached hydrogen (secondary N) is 1. The molecule has 0 radical (unpaired) electrons. The van der Waals surface area contributed by atoms with Gasteiger partial charge < -0.3 is 5.32 Å². The van der Waals surface area contributed by atoms with Gasteiger partial charge in [-0.25, -0.2) is 9.07 Å². The lowest BCUT2D eigenvalue weighted by molar-refractivity contribution is 0.629. The van der Waals surface area contributed by atoms with E-state index >= 15 is 0 Å². The maximum atomic E-state index is 13.9. The molecule has 1 N–H and O–H groups in total. The van der Waals surface area contributed by atoms with Crippen LogP contribution in [0.25, 0.3) is 17.3 Å². The molecule has 7 heteroatoms. The summed E-state index contributed by atoms with van der Waals surface area (Å²) in [6.45, 7) is 2.58. The van der Waals surface area contributed by atoms with Crippen LogP contribution in [0.3, 0.4) is 0 Å². The molecule has 0 saturated carbocycles. The first-order valence-electron chi connectivity index (χ1n) is 6.53. The van der Waals surface area contributed by atoms with Crippen molar-refractivity contribution < 1.29 is 4.39 Å². The average molecular weight is 284 g/mol. The van der Waals surface area contributed by atoms with E-state index in [4.69, 9.17) is 0 Å². The van der Waals surface area contributed by atoms with E-state index in [0.717, 1.165) is 0 Å².